The van der Waals surface area contributed by atoms with Gasteiger partial charge in [0.25, 0.3) is 0 Å². The van der Waals surface area contributed by atoms with Gasteiger partial charge in [-0.2, -0.15) is 0 Å². The third kappa shape index (κ3) is 4.35. The first-order chi connectivity index (χ1) is 8.47. The standard InChI is InChI=1S/C12H18FNO4/c1-2-7-18-11(17)14-8-12(13)5-3-9(4-6-12)10(15)16/h2,9H,1,3-8H2,(H,14,17)(H,15,16). The first-order valence-electron chi connectivity index (χ1n) is 5.90. The molecule has 6 heteroatoms. The van der Waals surface area contributed by atoms with Crippen LogP contribution in [-0.4, -0.2) is 36.0 Å². The van der Waals surface area contributed by atoms with Crippen LogP contribution in [0.4, 0.5) is 9.18 Å². The van der Waals surface area contributed by atoms with Crippen LogP contribution < -0.4 is 5.32 Å². The van der Waals surface area contributed by atoms with E-state index in [1.54, 1.807) is 0 Å². The highest BCUT2D eigenvalue weighted by Gasteiger charge is 2.37. The number of carboxylic acids is 1. The number of carboxylic acid groups (broad SMARTS) is 1. The van der Waals surface area contributed by atoms with E-state index in [1.807, 2.05) is 0 Å². The van der Waals surface area contributed by atoms with E-state index in [0.29, 0.717) is 12.8 Å². The van der Waals surface area contributed by atoms with Crippen LogP contribution in [0.15, 0.2) is 12.7 Å². The van der Waals surface area contributed by atoms with Crippen LogP contribution in [-0.2, 0) is 9.53 Å². The summed E-state index contributed by atoms with van der Waals surface area (Å²) in [4.78, 5) is 21.8. The van der Waals surface area contributed by atoms with Crippen molar-refractivity contribution in [1.82, 2.24) is 5.32 Å². The number of ether oxygens (including phenoxy) is 1. The predicted octanol–water partition coefficient (Wildman–Crippen LogP) is 1.88. The van der Waals surface area contributed by atoms with Gasteiger partial charge in [-0.15, -0.1) is 0 Å². The Kier molecular flexibility index (Phi) is 5.12. The third-order valence-electron chi connectivity index (χ3n) is 3.11. The molecular formula is C12H18FNO4. The van der Waals surface area contributed by atoms with Crippen molar-refractivity contribution >= 4 is 12.1 Å². The minimum atomic E-state index is -1.53. The van der Waals surface area contributed by atoms with E-state index in [-0.39, 0.29) is 26.0 Å². The van der Waals surface area contributed by atoms with Crippen molar-refractivity contribution in [3.05, 3.63) is 12.7 Å². The number of alkyl halides is 1. The van der Waals surface area contributed by atoms with E-state index < -0.39 is 23.6 Å². The fourth-order valence-electron chi connectivity index (χ4n) is 1.98. The smallest absolute Gasteiger partial charge is 0.407 e. The van der Waals surface area contributed by atoms with Crippen LogP contribution in [0.25, 0.3) is 0 Å². The summed E-state index contributed by atoms with van der Waals surface area (Å²) >= 11 is 0. The Balaban J connectivity index is 2.32. The molecule has 1 rings (SSSR count). The Bertz CT molecular complexity index is 324. The molecule has 5 nitrogen and oxygen atoms in total. The highest BCUT2D eigenvalue weighted by Crippen LogP contribution is 2.34. The van der Waals surface area contributed by atoms with Gasteiger partial charge in [-0.05, 0) is 25.7 Å². The van der Waals surface area contributed by atoms with Crippen LogP contribution in [0.1, 0.15) is 25.7 Å². The first-order valence-corrected chi connectivity index (χ1v) is 5.90. The van der Waals surface area contributed by atoms with Gasteiger partial charge in [-0.25, -0.2) is 9.18 Å². The molecule has 0 atom stereocenters. The number of carbonyl (C=O) groups is 2. The van der Waals surface area contributed by atoms with Crippen LogP contribution in [0.5, 0.6) is 0 Å². The van der Waals surface area contributed by atoms with Crippen molar-refractivity contribution in [1.29, 1.82) is 0 Å². The average molecular weight is 259 g/mol. The Labute approximate surface area is 105 Å². The molecule has 1 aliphatic rings. The largest absolute Gasteiger partial charge is 0.481 e. The topological polar surface area (TPSA) is 75.6 Å². The van der Waals surface area contributed by atoms with Gasteiger partial charge in [-0.3, -0.25) is 4.79 Å². The fourth-order valence-corrected chi connectivity index (χ4v) is 1.98. The third-order valence-corrected chi connectivity index (χ3v) is 3.11. The molecule has 0 heterocycles. The van der Waals surface area contributed by atoms with Gasteiger partial charge in [0.2, 0.25) is 0 Å². The molecular weight excluding hydrogens is 241 g/mol. The molecule has 0 spiro atoms. The zero-order valence-corrected chi connectivity index (χ0v) is 10.2. The van der Waals surface area contributed by atoms with Crippen LogP contribution >= 0.6 is 0 Å². The van der Waals surface area contributed by atoms with E-state index in [1.165, 1.54) is 6.08 Å². The second-order valence-corrected chi connectivity index (χ2v) is 4.50. The van der Waals surface area contributed by atoms with Gasteiger partial charge in [-0.1, -0.05) is 12.7 Å². The van der Waals surface area contributed by atoms with Crippen molar-refractivity contribution in [2.45, 2.75) is 31.4 Å². The van der Waals surface area contributed by atoms with Crippen molar-refractivity contribution in [3.63, 3.8) is 0 Å². The molecule has 0 aromatic heterocycles. The highest BCUT2D eigenvalue weighted by molar-refractivity contribution is 5.70. The molecule has 0 saturated heterocycles. The quantitative estimate of drug-likeness (QED) is 0.739. The summed E-state index contributed by atoms with van der Waals surface area (Å²) in [6.07, 6.45) is 1.62. The average Bonchev–Trinajstić information content (AvgIpc) is 2.34. The van der Waals surface area contributed by atoms with E-state index in [0.717, 1.165) is 0 Å². The number of aliphatic carboxylic acids is 1. The Hall–Kier alpha value is -1.59. The second kappa shape index (κ2) is 6.37. The fraction of sp³-hybridized carbons (Fsp3) is 0.667. The molecule has 0 aromatic carbocycles. The van der Waals surface area contributed by atoms with Crippen LogP contribution in [0.2, 0.25) is 0 Å². The lowest BCUT2D eigenvalue weighted by Crippen LogP contribution is -2.43. The summed E-state index contributed by atoms with van der Waals surface area (Å²) in [5, 5.41) is 11.1. The molecule has 1 saturated carbocycles. The van der Waals surface area contributed by atoms with E-state index >= 15 is 0 Å². The number of hydrogen-bond donors (Lipinski definition) is 2. The molecule has 18 heavy (non-hydrogen) atoms. The molecule has 0 aromatic rings. The van der Waals surface area contributed by atoms with E-state index in [4.69, 9.17) is 5.11 Å². The number of carbonyl (C=O) groups excluding carboxylic acids is 1. The maximum atomic E-state index is 14.2. The number of amides is 1. The lowest BCUT2D eigenvalue weighted by atomic mass is 9.80. The zero-order chi connectivity index (χ0) is 13.6. The molecule has 0 bridgehead atoms. The molecule has 1 aliphatic carbocycles. The predicted molar refractivity (Wildman–Crippen MR) is 63.0 cm³/mol. The summed E-state index contributed by atoms with van der Waals surface area (Å²) in [7, 11) is 0. The van der Waals surface area contributed by atoms with Gasteiger partial charge < -0.3 is 15.2 Å². The molecule has 0 radical (unpaired) electrons. The van der Waals surface area contributed by atoms with Gasteiger partial charge in [0.15, 0.2) is 0 Å². The van der Waals surface area contributed by atoms with Crippen molar-refractivity contribution in [3.8, 4) is 0 Å². The Morgan fingerprint density at radius 1 is 1.50 bits per heavy atom. The summed E-state index contributed by atoms with van der Waals surface area (Å²) in [5.41, 5.74) is -1.53. The summed E-state index contributed by atoms with van der Waals surface area (Å²) in [6, 6.07) is 0. The first kappa shape index (κ1) is 14.5. The lowest BCUT2D eigenvalue weighted by Gasteiger charge is -2.32. The maximum Gasteiger partial charge on any atom is 0.407 e. The summed E-state index contributed by atoms with van der Waals surface area (Å²) in [6.45, 7) is 3.32. The van der Waals surface area contributed by atoms with Crippen LogP contribution in [0, 0.1) is 5.92 Å². The molecule has 1 amide bonds. The normalized spacial score (nSPS) is 27.3. The van der Waals surface area contributed by atoms with Crippen molar-refractivity contribution in [2.24, 2.45) is 5.92 Å². The number of rotatable bonds is 5. The zero-order valence-electron chi connectivity index (χ0n) is 10.2. The van der Waals surface area contributed by atoms with Crippen molar-refractivity contribution in [2.75, 3.05) is 13.2 Å². The van der Waals surface area contributed by atoms with E-state index in [2.05, 4.69) is 16.6 Å². The Morgan fingerprint density at radius 2 is 2.11 bits per heavy atom. The van der Waals surface area contributed by atoms with Gasteiger partial charge >= 0.3 is 12.1 Å². The minimum absolute atomic E-state index is 0.0756. The van der Waals surface area contributed by atoms with Gasteiger partial charge in [0.05, 0.1) is 12.5 Å². The molecule has 102 valence electrons. The molecule has 2 N–H and O–H groups in total. The summed E-state index contributed by atoms with van der Waals surface area (Å²) in [5.74, 6) is -1.35. The summed E-state index contributed by atoms with van der Waals surface area (Å²) < 4.78 is 18.9. The van der Waals surface area contributed by atoms with Gasteiger partial charge in [0.1, 0.15) is 12.3 Å². The lowest BCUT2D eigenvalue weighted by molar-refractivity contribution is -0.143. The Morgan fingerprint density at radius 3 is 2.61 bits per heavy atom. The molecule has 1 fully saturated rings. The van der Waals surface area contributed by atoms with Crippen molar-refractivity contribution < 1.29 is 23.8 Å². The maximum absolute atomic E-state index is 14.2. The minimum Gasteiger partial charge on any atom is -0.481 e. The number of hydrogen-bond acceptors (Lipinski definition) is 3. The number of nitrogens with one attached hydrogen (secondary N) is 1. The second-order valence-electron chi connectivity index (χ2n) is 4.50. The highest BCUT2D eigenvalue weighted by atomic mass is 19.1. The van der Waals surface area contributed by atoms with Gasteiger partial charge in [0, 0.05) is 0 Å². The SMILES string of the molecule is C=CCOC(=O)NCC1(F)CCC(C(=O)O)CC1. The van der Waals surface area contributed by atoms with Crippen LogP contribution in [0.3, 0.4) is 0 Å². The number of alkyl carbamates (subject to hydrolysis) is 1. The molecule has 0 aliphatic heterocycles. The molecule has 0 unspecified atom stereocenters. The monoisotopic (exact) mass is 259 g/mol. The van der Waals surface area contributed by atoms with E-state index in [9.17, 15) is 14.0 Å². The number of halogens is 1.